The second kappa shape index (κ2) is 9.22. The van der Waals surface area contributed by atoms with Crippen molar-refractivity contribution >= 4 is 27.2 Å². The van der Waals surface area contributed by atoms with Crippen LogP contribution in [0.4, 0.5) is 26.3 Å². The molecule has 0 spiro atoms. The van der Waals surface area contributed by atoms with Gasteiger partial charge in [-0.1, -0.05) is 41.9 Å². The molecule has 0 unspecified atom stereocenters. The number of imidazole rings is 1. The van der Waals surface area contributed by atoms with Crippen LogP contribution < -0.4 is 0 Å². The molecule has 1 aliphatic rings. The molecule has 36 heavy (non-hydrogen) atoms. The molecule has 0 bridgehead atoms. The summed E-state index contributed by atoms with van der Waals surface area (Å²) in [5, 5.41) is -0.375. The van der Waals surface area contributed by atoms with E-state index in [9.17, 15) is 39.6 Å². The van der Waals surface area contributed by atoms with Gasteiger partial charge in [-0.15, -0.1) is 0 Å². The lowest BCUT2D eigenvalue weighted by Gasteiger charge is -2.18. The lowest BCUT2D eigenvalue weighted by Crippen LogP contribution is -2.24. The Morgan fingerprint density at radius 2 is 1.67 bits per heavy atom. The lowest BCUT2D eigenvalue weighted by atomic mass is 10.0. The zero-order chi connectivity index (χ0) is 26.5. The van der Waals surface area contributed by atoms with E-state index >= 15 is 0 Å². The smallest absolute Gasteiger partial charge is 0.325 e. The number of carbonyl (C=O) groups excluding carboxylic acids is 1. The first-order valence-corrected chi connectivity index (χ1v) is 12.6. The molecule has 1 aliphatic heterocycles. The van der Waals surface area contributed by atoms with E-state index in [0.717, 1.165) is 18.6 Å². The Morgan fingerprint density at radius 3 is 2.28 bits per heavy atom. The van der Waals surface area contributed by atoms with Crippen molar-refractivity contribution in [2.75, 3.05) is 0 Å². The van der Waals surface area contributed by atoms with Crippen LogP contribution >= 0.6 is 11.6 Å². The molecule has 3 aromatic rings. The molecular formula is C23H17ClF6N2O3S. The van der Waals surface area contributed by atoms with E-state index in [2.05, 4.69) is 4.98 Å². The largest absolute Gasteiger partial charge is 0.497 e. The number of carbonyl (C=O) groups is 1. The predicted molar refractivity (Wildman–Crippen MR) is 119 cm³/mol. The van der Waals surface area contributed by atoms with E-state index in [-0.39, 0.29) is 22.1 Å². The van der Waals surface area contributed by atoms with Gasteiger partial charge in [0.2, 0.25) is 5.78 Å². The van der Waals surface area contributed by atoms with Crippen LogP contribution in [0.2, 0.25) is 5.02 Å². The number of sulfone groups is 1. The van der Waals surface area contributed by atoms with E-state index in [1.54, 1.807) is 0 Å². The third-order valence-electron chi connectivity index (χ3n) is 5.80. The van der Waals surface area contributed by atoms with Crippen LogP contribution in [0.5, 0.6) is 0 Å². The maximum absolute atomic E-state index is 13.6. The molecule has 4 rings (SSSR count). The van der Waals surface area contributed by atoms with Crippen LogP contribution in [0, 0.1) is 0 Å². The van der Waals surface area contributed by atoms with Gasteiger partial charge in [-0.05, 0) is 37.0 Å². The minimum Gasteiger partial charge on any atom is -0.325 e. The summed E-state index contributed by atoms with van der Waals surface area (Å²) in [5.74, 6) is -2.48. The quantitative estimate of drug-likeness (QED) is 0.279. The van der Waals surface area contributed by atoms with E-state index in [1.807, 2.05) is 0 Å². The van der Waals surface area contributed by atoms with Gasteiger partial charge in [0.25, 0.3) is 9.84 Å². The third-order valence-corrected chi connectivity index (χ3v) is 7.54. The number of rotatable bonds is 5. The number of aromatic nitrogens is 2. The van der Waals surface area contributed by atoms with Gasteiger partial charge in [-0.25, -0.2) is 13.4 Å². The Balaban J connectivity index is 1.76. The fourth-order valence-electron chi connectivity index (χ4n) is 4.11. The zero-order valence-electron chi connectivity index (χ0n) is 18.3. The van der Waals surface area contributed by atoms with Crippen LogP contribution in [0.25, 0.3) is 11.3 Å². The first kappa shape index (κ1) is 26.2. The summed E-state index contributed by atoms with van der Waals surface area (Å²) >= 11 is 6.00. The molecule has 13 heteroatoms. The fourth-order valence-corrected chi connectivity index (χ4v) is 5.17. The Kier molecular flexibility index (Phi) is 6.71. The van der Waals surface area contributed by atoms with Crippen molar-refractivity contribution in [3.8, 4) is 11.3 Å². The molecule has 2 aromatic carbocycles. The van der Waals surface area contributed by atoms with Gasteiger partial charge < -0.3 is 4.57 Å². The number of hydrogen-bond acceptors (Lipinski definition) is 4. The average molecular weight is 551 g/mol. The lowest BCUT2D eigenvalue weighted by molar-refractivity contribution is -0.137. The first-order chi connectivity index (χ1) is 16.7. The molecule has 0 atom stereocenters. The first-order valence-electron chi connectivity index (χ1n) is 10.6. The minimum atomic E-state index is -5.39. The maximum atomic E-state index is 13.6. The maximum Gasteiger partial charge on any atom is 0.497 e. The van der Waals surface area contributed by atoms with E-state index in [4.69, 9.17) is 11.6 Å². The summed E-state index contributed by atoms with van der Waals surface area (Å²) in [6, 6.07) is 8.16. The molecule has 0 N–H and O–H groups in total. The minimum absolute atomic E-state index is 0.105. The van der Waals surface area contributed by atoms with Crippen LogP contribution in [0.3, 0.4) is 0 Å². The van der Waals surface area contributed by atoms with Crippen molar-refractivity contribution in [3.63, 3.8) is 0 Å². The summed E-state index contributed by atoms with van der Waals surface area (Å²) in [7, 11) is -5.37. The van der Waals surface area contributed by atoms with Crippen LogP contribution in [0.15, 0.2) is 42.5 Å². The summed E-state index contributed by atoms with van der Waals surface area (Å²) in [6.07, 6.45) is -2.98. The highest BCUT2D eigenvalue weighted by molar-refractivity contribution is 7.91. The van der Waals surface area contributed by atoms with Gasteiger partial charge in [0.05, 0.1) is 27.6 Å². The Bertz CT molecular complexity index is 1430. The molecule has 2 heterocycles. The summed E-state index contributed by atoms with van der Waals surface area (Å²) in [6.45, 7) is 0.330. The second-order valence-electron chi connectivity index (χ2n) is 8.23. The average Bonchev–Trinajstić information content (AvgIpc) is 3.17. The Hall–Kier alpha value is -2.86. The highest BCUT2D eigenvalue weighted by Gasteiger charge is 2.45. The van der Waals surface area contributed by atoms with Gasteiger partial charge >= 0.3 is 11.7 Å². The van der Waals surface area contributed by atoms with Crippen LogP contribution in [0.1, 0.15) is 45.8 Å². The molecule has 5 nitrogen and oxygen atoms in total. The molecule has 0 saturated carbocycles. The van der Waals surface area contributed by atoms with Crippen molar-refractivity contribution in [3.05, 3.63) is 75.7 Å². The normalized spacial score (nSPS) is 14.5. The highest BCUT2D eigenvalue weighted by atomic mass is 35.5. The summed E-state index contributed by atoms with van der Waals surface area (Å²) in [5.41, 5.74) is -6.16. The molecule has 0 saturated heterocycles. The summed E-state index contributed by atoms with van der Waals surface area (Å²) in [4.78, 5) is 17.7. The number of halogens is 7. The molecular weight excluding hydrogens is 534 g/mol. The number of ketones is 1. The van der Waals surface area contributed by atoms with Crippen molar-refractivity contribution in [1.29, 1.82) is 0 Å². The van der Waals surface area contributed by atoms with E-state index in [1.165, 1.54) is 34.9 Å². The molecule has 1 aromatic heterocycles. The summed E-state index contributed by atoms with van der Waals surface area (Å²) < 4.78 is 103. The number of nitrogens with zero attached hydrogens (tertiary/aromatic N) is 2. The molecule has 0 fully saturated rings. The Labute approximate surface area is 206 Å². The molecule has 192 valence electrons. The predicted octanol–water partition coefficient (Wildman–Crippen LogP) is 6.22. The topological polar surface area (TPSA) is 69.0 Å². The van der Waals surface area contributed by atoms with Gasteiger partial charge in [-0.2, -0.15) is 26.3 Å². The van der Waals surface area contributed by atoms with Crippen molar-refractivity contribution < 1.29 is 39.6 Å². The number of fused-ring (bicyclic) bond motifs is 1. The van der Waals surface area contributed by atoms with Gasteiger partial charge in [0.1, 0.15) is 0 Å². The van der Waals surface area contributed by atoms with Gasteiger partial charge in [-0.3, -0.25) is 4.79 Å². The zero-order valence-corrected chi connectivity index (χ0v) is 19.8. The molecule has 0 aliphatic carbocycles. The Morgan fingerprint density at radius 1 is 1.00 bits per heavy atom. The van der Waals surface area contributed by atoms with Gasteiger partial charge in [0.15, 0.2) is 5.82 Å². The third kappa shape index (κ3) is 4.88. The molecule has 0 amide bonds. The van der Waals surface area contributed by atoms with Crippen LogP contribution in [-0.4, -0.2) is 29.3 Å². The standard InChI is InChI=1S/C23H17ClF6N2O3S/c24-16-5-3-4-15(22(25,26)27)18(16)20(33)21-31-19(17-6-1-2-11-32(17)21)14-9-7-13(8-10-14)12-36(34,35)23(28,29)30/h3-5,7-10H,1-2,6,11-12H2. The monoisotopic (exact) mass is 550 g/mol. The fraction of sp³-hybridized carbons (Fsp3) is 0.304. The van der Waals surface area contributed by atoms with Crippen molar-refractivity contribution in [2.45, 2.75) is 43.2 Å². The number of alkyl halides is 6. The molecule has 0 radical (unpaired) electrons. The second-order valence-corrected chi connectivity index (χ2v) is 10.6. The number of benzene rings is 2. The van der Waals surface area contributed by atoms with Crippen LogP contribution in [-0.2, 0) is 34.7 Å². The van der Waals surface area contributed by atoms with E-state index < -0.39 is 44.2 Å². The SMILES string of the molecule is O=C(c1c(Cl)cccc1C(F)(F)F)c1nc(-c2ccc(CS(=O)(=O)C(F)(F)F)cc2)c2n1CCCC2. The highest BCUT2D eigenvalue weighted by Crippen LogP contribution is 2.37. The van der Waals surface area contributed by atoms with E-state index in [0.29, 0.717) is 30.6 Å². The van der Waals surface area contributed by atoms with Gasteiger partial charge in [0, 0.05) is 17.8 Å². The van der Waals surface area contributed by atoms with Crippen molar-refractivity contribution in [1.82, 2.24) is 9.55 Å². The number of hydrogen-bond donors (Lipinski definition) is 0. The van der Waals surface area contributed by atoms with Crippen molar-refractivity contribution in [2.24, 2.45) is 0 Å².